The number of quaternary nitrogens is 1. The summed E-state index contributed by atoms with van der Waals surface area (Å²) in [5.41, 5.74) is 2.62. The molecule has 1 aliphatic heterocycles. The molecular weight excluding hydrogens is 318 g/mol. The number of hydrogen-bond acceptors (Lipinski definition) is 3. The van der Waals surface area contributed by atoms with Crippen LogP contribution < -0.4 is 10.2 Å². The molecule has 1 heterocycles. The van der Waals surface area contributed by atoms with Gasteiger partial charge in [0.1, 0.15) is 0 Å². The minimum Gasteiger partial charge on any atom is -0.450 e. The Hall–Kier alpha value is -2.08. The lowest BCUT2D eigenvalue weighted by Crippen LogP contribution is -3.15. The summed E-state index contributed by atoms with van der Waals surface area (Å²) < 4.78 is 5.03. The first-order chi connectivity index (χ1) is 12.2. The SMILES string of the molecule is CCOC(=O)N1CC[NH+](CC(=O)N[C@@H]2CCCc3ccccc32)CC1. The number of hydrogen-bond donors (Lipinski definition) is 2. The lowest BCUT2D eigenvalue weighted by Gasteiger charge is -2.32. The molecule has 0 saturated carbocycles. The molecule has 2 amide bonds. The number of benzene rings is 1. The summed E-state index contributed by atoms with van der Waals surface area (Å²) in [6, 6.07) is 8.54. The third-order valence-corrected chi connectivity index (χ3v) is 5.11. The Morgan fingerprint density at radius 2 is 2.04 bits per heavy atom. The van der Waals surface area contributed by atoms with E-state index in [4.69, 9.17) is 4.74 Å². The number of carbonyl (C=O) groups excluding carboxylic acids is 2. The van der Waals surface area contributed by atoms with Crippen LogP contribution in [0, 0.1) is 0 Å². The average molecular weight is 346 g/mol. The minimum absolute atomic E-state index is 0.0984. The summed E-state index contributed by atoms with van der Waals surface area (Å²) in [6.45, 7) is 5.54. The maximum atomic E-state index is 12.5. The Balaban J connectivity index is 1.47. The summed E-state index contributed by atoms with van der Waals surface area (Å²) >= 11 is 0. The molecule has 25 heavy (non-hydrogen) atoms. The molecule has 0 bridgehead atoms. The Kier molecular flexibility index (Phi) is 5.91. The summed E-state index contributed by atoms with van der Waals surface area (Å²) in [5.74, 6) is 0.0984. The van der Waals surface area contributed by atoms with Crippen molar-refractivity contribution in [3.63, 3.8) is 0 Å². The number of ether oxygens (including phenoxy) is 1. The molecule has 1 fully saturated rings. The Labute approximate surface area is 149 Å². The molecule has 1 aromatic carbocycles. The van der Waals surface area contributed by atoms with Gasteiger partial charge in [0.15, 0.2) is 6.54 Å². The van der Waals surface area contributed by atoms with E-state index in [9.17, 15) is 9.59 Å². The fourth-order valence-corrected chi connectivity index (χ4v) is 3.77. The van der Waals surface area contributed by atoms with Crippen LogP contribution in [0.3, 0.4) is 0 Å². The van der Waals surface area contributed by atoms with Crippen LogP contribution in [-0.4, -0.2) is 56.2 Å². The Morgan fingerprint density at radius 1 is 1.28 bits per heavy atom. The average Bonchev–Trinajstić information content (AvgIpc) is 2.63. The van der Waals surface area contributed by atoms with Gasteiger partial charge < -0.3 is 15.0 Å². The minimum atomic E-state index is -0.246. The van der Waals surface area contributed by atoms with Gasteiger partial charge >= 0.3 is 6.09 Å². The van der Waals surface area contributed by atoms with E-state index >= 15 is 0 Å². The highest BCUT2D eigenvalue weighted by Gasteiger charge is 2.27. The van der Waals surface area contributed by atoms with Crippen LogP contribution in [-0.2, 0) is 16.0 Å². The number of fused-ring (bicyclic) bond motifs is 1. The highest BCUT2D eigenvalue weighted by Crippen LogP contribution is 2.29. The van der Waals surface area contributed by atoms with Crippen LogP contribution in [0.25, 0.3) is 0 Å². The molecule has 2 aliphatic rings. The summed E-state index contributed by atoms with van der Waals surface area (Å²) in [7, 11) is 0. The van der Waals surface area contributed by atoms with Gasteiger partial charge in [0.25, 0.3) is 5.91 Å². The van der Waals surface area contributed by atoms with Crippen LogP contribution in [0.5, 0.6) is 0 Å². The van der Waals surface area contributed by atoms with Crippen molar-refractivity contribution in [1.82, 2.24) is 10.2 Å². The van der Waals surface area contributed by atoms with E-state index in [1.54, 1.807) is 4.90 Å². The lowest BCUT2D eigenvalue weighted by atomic mass is 9.88. The zero-order chi connectivity index (χ0) is 17.6. The summed E-state index contributed by atoms with van der Waals surface area (Å²) in [6.07, 6.45) is 2.98. The van der Waals surface area contributed by atoms with Crippen molar-refractivity contribution < 1.29 is 19.2 Å². The van der Waals surface area contributed by atoms with E-state index in [-0.39, 0.29) is 18.0 Å². The van der Waals surface area contributed by atoms with Gasteiger partial charge in [-0.3, -0.25) is 9.69 Å². The largest absolute Gasteiger partial charge is 0.450 e. The van der Waals surface area contributed by atoms with Crippen molar-refractivity contribution in [1.29, 1.82) is 0 Å². The molecule has 1 atom stereocenters. The van der Waals surface area contributed by atoms with Crippen molar-refractivity contribution in [2.24, 2.45) is 0 Å². The van der Waals surface area contributed by atoms with Crippen molar-refractivity contribution in [2.75, 3.05) is 39.3 Å². The van der Waals surface area contributed by atoms with E-state index in [0.717, 1.165) is 32.4 Å². The van der Waals surface area contributed by atoms with Gasteiger partial charge in [0, 0.05) is 0 Å². The molecule has 0 spiro atoms. The Bertz CT molecular complexity index is 612. The molecule has 136 valence electrons. The first kappa shape index (κ1) is 17.7. The van der Waals surface area contributed by atoms with Gasteiger partial charge in [-0.15, -0.1) is 0 Å². The van der Waals surface area contributed by atoms with Crippen LogP contribution in [0.15, 0.2) is 24.3 Å². The molecule has 1 saturated heterocycles. The quantitative estimate of drug-likeness (QED) is 0.836. The van der Waals surface area contributed by atoms with Crippen LogP contribution in [0.1, 0.15) is 36.9 Å². The molecule has 0 unspecified atom stereocenters. The fourth-order valence-electron chi connectivity index (χ4n) is 3.77. The normalized spacial score (nSPS) is 20.7. The maximum absolute atomic E-state index is 12.5. The first-order valence-corrected chi connectivity index (χ1v) is 9.29. The van der Waals surface area contributed by atoms with Crippen LogP contribution in [0.4, 0.5) is 4.79 Å². The third-order valence-electron chi connectivity index (χ3n) is 5.11. The van der Waals surface area contributed by atoms with E-state index in [1.165, 1.54) is 16.0 Å². The van der Waals surface area contributed by atoms with E-state index < -0.39 is 0 Å². The number of rotatable bonds is 4. The molecule has 6 nitrogen and oxygen atoms in total. The van der Waals surface area contributed by atoms with Gasteiger partial charge in [-0.25, -0.2) is 4.79 Å². The topological polar surface area (TPSA) is 63.1 Å². The number of nitrogens with zero attached hydrogens (tertiary/aromatic N) is 1. The van der Waals surface area contributed by atoms with Crippen molar-refractivity contribution >= 4 is 12.0 Å². The summed E-state index contributed by atoms with van der Waals surface area (Å²) in [5, 5.41) is 3.21. The second kappa shape index (κ2) is 8.34. The molecule has 2 N–H and O–H groups in total. The predicted molar refractivity (Wildman–Crippen MR) is 94.4 cm³/mol. The molecular formula is C19H28N3O3+. The van der Waals surface area contributed by atoms with Crippen LogP contribution >= 0.6 is 0 Å². The first-order valence-electron chi connectivity index (χ1n) is 9.29. The standard InChI is InChI=1S/C19H27N3O3/c1-2-25-19(24)22-12-10-21(11-13-22)14-18(23)20-17-9-5-7-15-6-3-4-8-16(15)17/h3-4,6,8,17H,2,5,7,9-14H2,1H3,(H,20,23)/p+1/t17-/m1/s1. The molecule has 3 rings (SSSR count). The number of amides is 2. The van der Waals surface area contributed by atoms with Gasteiger partial charge in [0.05, 0.1) is 38.8 Å². The predicted octanol–water partition coefficient (Wildman–Crippen LogP) is 0.537. The number of carbonyl (C=O) groups is 2. The second-order valence-electron chi connectivity index (χ2n) is 6.82. The molecule has 1 aliphatic carbocycles. The highest BCUT2D eigenvalue weighted by atomic mass is 16.6. The zero-order valence-corrected chi connectivity index (χ0v) is 14.9. The molecule has 6 heteroatoms. The molecule has 0 aromatic heterocycles. The van der Waals surface area contributed by atoms with Gasteiger partial charge in [-0.1, -0.05) is 24.3 Å². The smallest absolute Gasteiger partial charge is 0.410 e. The van der Waals surface area contributed by atoms with E-state index in [1.807, 2.05) is 13.0 Å². The van der Waals surface area contributed by atoms with E-state index in [2.05, 4.69) is 23.5 Å². The third kappa shape index (κ3) is 4.51. The molecule has 0 radical (unpaired) electrons. The summed E-state index contributed by atoms with van der Waals surface area (Å²) in [4.78, 5) is 27.1. The van der Waals surface area contributed by atoms with Crippen molar-refractivity contribution in [3.8, 4) is 0 Å². The number of piperazine rings is 1. The van der Waals surface area contributed by atoms with E-state index in [0.29, 0.717) is 26.2 Å². The van der Waals surface area contributed by atoms with Gasteiger partial charge in [-0.2, -0.15) is 0 Å². The maximum Gasteiger partial charge on any atom is 0.410 e. The Morgan fingerprint density at radius 3 is 2.80 bits per heavy atom. The number of aryl methyl sites for hydroxylation is 1. The van der Waals surface area contributed by atoms with Crippen molar-refractivity contribution in [2.45, 2.75) is 32.2 Å². The number of nitrogens with one attached hydrogen (secondary N) is 2. The monoisotopic (exact) mass is 346 g/mol. The fraction of sp³-hybridized carbons (Fsp3) is 0.579. The second-order valence-corrected chi connectivity index (χ2v) is 6.82. The molecule has 1 aromatic rings. The highest BCUT2D eigenvalue weighted by molar-refractivity contribution is 5.77. The van der Waals surface area contributed by atoms with Crippen LogP contribution in [0.2, 0.25) is 0 Å². The van der Waals surface area contributed by atoms with Gasteiger partial charge in [0.2, 0.25) is 0 Å². The lowest BCUT2D eigenvalue weighted by molar-refractivity contribution is -0.896. The van der Waals surface area contributed by atoms with Gasteiger partial charge in [-0.05, 0) is 37.3 Å². The zero-order valence-electron chi connectivity index (χ0n) is 14.9. The van der Waals surface area contributed by atoms with Crippen molar-refractivity contribution in [3.05, 3.63) is 35.4 Å².